The quantitative estimate of drug-likeness (QED) is 0.852. The molecule has 2 heterocycles. The number of hydrogen-bond donors (Lipinski definition) is 1. The Morgan fingerprint density at radius 1 is 1.67 bits per heavy atom. The molecular weight excluding hydrogens is 264 g/mol. The summed E-state index contributed by atoms with van der Waals surface area (Å²) in [6.45, 7) is 0.420. The highest BCUT2D eigenvalue weighted by atomic mass is 79.9. The maximum absolute atomic E-state index is 10.8. The second-order valence-electron chi connectivity index (χ2n) is 3.18. The molecule has 1 aliphatic heterocycles. The Hall–Kier alpha value is -1.14. The molecule has 0 radical (unpaired) electrons. The Labute approximate surface area is 94.8 Å². The van der Waals surface area contributed by atoms with Crippen LogP contribution in [0.4, 0.5) is 4.79 Å². The van der Waals surface area contributed by atoms with Crippen molar-refractivity contribution in [3.8, 4) is 0 Å². The van der Waals surface area contributed by atoms with E-state index >= 15 is 0 Å². The number of rotatable bonds is 1. The number of hydroxylamine groups is 2. The topological polar surface area (TPSA) is 62.7 Å². The van der Waals surface area contributed by atoms with Gasteiger partial charge in [0.1, 0.15) is 0 Å². The van der Waals surface area contributed by atoms with E-state index in [0.29, 0.717) is 13.0 Å². The van der Waals surface area contributed by atoms with Crippen LogP contribution in [0.1, 0.15) is 18.0 Å². The third-order valence-electron chi connectivity index (χ3n) is 2.20. The van der Waals surface area contributed by atoms with E-state index in [-0.39, 0.29) is 6.04 Å². The van der Waals surface area contributed by atoms with Crippen molar-refractivity contribution in [2.75, 3.05) is 6.61 Å². The highest BCUT2D eigenvalue weighted by molar-refractivity contribution is 9.10. The van der Waals surface area contributed by atoms with E-state index in [1.807, 2.05) is 6.07 Å². The van der Waals surface area contributed by atoms with Gasteiger partial charge in [0, 0.05) is 23.3 Å². The fraction of sp³-hybridized carbons (Fsp3) is 0.333. The largest absolute Gasteiger partial charge is 0.463 e. The van der Waals surface area contributed by atoms with Crippen LogP contribution in [-0.2, 0) is 4.84 Å². The van der Waals surface area contributed by atoms with E-state index < -0.39 is 6.09 Å². The molecule has 80 valence electrons. The summed E-state index contributed by atoms with van der Waals surface area (Å²) < 4.78 is 0.831. The first-order valence-electron chi connectivity index (χ1n) is 4.44. The molecule has 0 aliphatic carbocycles. The number of amides is 1. The number of carbonyl (C=O) groups is 1. The van der Waals surface area contributed by atoms with E-state index in [9.17, 15) is 4.79 Å². The molecule has 1 aliphatic rings. The molecule has 15 heavy (non-hydrogen) atoms. The summed E-state index contributed by atoms with van der Waals surface area (Å²) in [5, 5.41) is 9.86. The Kier molecular flexibility index (Phi) is 2.88. The molecule has 1 amide bonds. The monoisotopic (exact) mass is 272 g/mol. The first kappa shape index (κ1) is 10.4. The summed E-state index contributed by atoms with van der Waals surface area (Å²) in [5.41, 5.74) is 0.837. The summed E-state index contributed by atoms with van der Waals surface area (Å²) in [6.07, 6.45) is 2.90. The standard InChI is InChI=1S/C9H9BrN2O3/c10-7-3-6(4-11-5-7)8-1-2-15-12(8)9(13)14/h3-5,8H,1-2H2,(H,13,14). The van der Waals surface area contributed by atoms with Crippen LogP contribution in [0.15, 0.2) is 22.9 Å². The SMILES string of the molecule is O=C(O)N1OCCC1c1cncc(Br)c1. The minimum absolute atomic E-state index is 0.257. The van der Waals surface area contributed by atoms with Crippen molar-refractivity contribution in [3.63, 3.8) is 0 Å². The van der Waals surface area contributed by atoms with Crippen molar-refractivity contribution >= 4 is 22.0 Å². The third-order valence-corrected chi connectivity index (χ3v) is 2.64. The zero-order valence-corrected chi connectivity index (χ0v) is 9.35. The number of hydrogen-bond acceptors (Lipinski definition) is 3. The van der Waals surface area contributed by atoms with Crippen LogP contribution in [0.25, 0.3) is 0 Å². The molecule has 1 N–H and O–H groups in total. The van der Waals surface area contributed by atoms with Gasteiger partial charge in [-0.3, -0.25) is 9.82 Å². The molecule has 1 saturated heterocycles. The first-order chi connectivity index (χ1) is 7.18. The Morgan fingerprint density at radius 3 is 3.13 bits per heavy atom. The summed E-state index contributed by atoms with van der Waals surface area (Å²) >= 11 is 3.30. The summed E-state index contributed by atoms with van der Waals surface area (Å²) in [6, 6.07) is 1.59. The molecule has 0 saturated carbocycles. The van der Waals surface area contributed by atoms with Gasteiger partial charge >= 0.3 is 6.09 Å². The van der Waals surface area contributed by atoms with Gasteiger partial charge in [-0.05, 0) is 27.6 Å². The minimum atomic E-state index is -1.07. The fourth-order valence-electron chi connectivity index (χ4n) is 1.57. The second-order valence-corrected chi connectivity index (χ2v) is 4.10. The molecule has 6 heteroatoms. The summed E-state index contributed by atoms with van der Waals surface area (Å²) in [7, 11) is 0. The van der Waals surface area contributed by atoms with Crippen molar-refractivity contribution < 1.29 is 14.7 Å². The van der Waals surface area contributed by atoms with Gasteiger partial charge in [0.05, 0.1) is 12.6 Å². The van der Waals surface area contributed by atoms with Gasteiger partial charge in [-0.2, -0.15) is 5.06 Å². The Morgan fingerprint density at radius 2 is 2.47 bits per heavy atom. The molecule has 1 unspecified atom stereocenters. The normalized spacial score (nSPS) is 20.6. The average molecular weight is 273 g/mol. The molecular formula is C9H9BrN2O3. The number of pyridine rings is 1. The van der Waals surface area contributed by atoms with Gasteiger partial charge in [0.2, 0.25) is 0 Å². The molecule has 1 aromatic heterocycles. The average Bonchev–Trinajstić information content (AvgIpc) is 2.65. The van der Waals surface area contributed by atoms with Gasteiger partial charge in [0.25, 0.3) is 0 Å². The molecule has 1 fully saturated rings. The van der Waals surface area contributed by atoms with Gasteiger partial charge in [0.15, 0.2) is 0 Å². The molecule has 2 rings (SSSR count). The van der Waals surface area contributed by atoms with Crippen LogP contribution in [0, 0.1) is 0 Å². The highest BCUT2D eigenvalue weighted by Crippen LogP contribution is 2.30. The van der Waals surface area contributed by atoms with Crippen molar-refractivity contribution in [3.05, 3.63) is 28.5 Å². The first-order valence-corrected chi connectivity index (χ1v) is 5.23. The van der Waals surface area contributed by atoms with Crippen LogP contribution in [0.2, 0.25) is 0 Å². The van der Waals surface area contributed by atoms with Crippen molar-refractivity contribution in [1.82, 2.24) is 10.0 Å². The number of nitrogens with zero attached hydrogens (tertiary/aromatic N) is 2. The Balaban J connectivity index is 2.26. The van der Waals surface area contributed by atoms with E-state index in [1.54, 1.807) is 12.4 Å². The Bertz CT molecular complexity index is 385. The lowest BCUT2D eigenvalue weighted by molar-refractivity contribution is -0.104. The number of carboxylic acid groups (broad SMARTS) is 1. The van der Waals surface area contributed by atoms with Crippen LogP contribution < -0.4 is 0 Å². The number of halogens is 1. The van der Waals surface area contributed by atoms with E-state index in [2.05, 4.69) is 20.9 Å². The van der Waals surface area contributed by atoms with Crippen LogP contribution in [0.5, 0.6) is 0 Å². The zero-order chi connectivity index (χ0) is 10.8. The lowest BCUT2D eigenvalue weighted by Crippen LogP contribution is -2.27. The van der Waals surface area contributed by atoms with Crippen LogP contribution in [0.3, 0.4) is 0 Å². The highest BCUT2D eigenvalue weighted by Gasteiger charge is 2.31. The predicted molar refractivity (Wildman–Crippen MR) is 55.1 cm³/mol. The van der Waals surface area contributed by atoms with Gasteiger partial charge < -0.3 is 5.11 Å². The summed E-state index contributed by atoms with van der Waals surface area (Å²) in [4.78, 5) is 19.9. The van der Waals surface area contributed by atoms with E-state index in [1.165, 1.54) is 0 Å². The maximum Gasteiger partial charge on any atom is 0.432 e. The lowest BCUT2D eigenvalue weighted by atomic mass is 10.1. The molecule has 1 aromatic rings. The van der Waals surface area contributed by atoms with Crippen molar-refractivity contribution in [1.29, 1.82) is 0 Å². The molecule has 0 bridgehead atoms. The second kappa shape index (κ2) is 4.16. The van der Waals surface area contributed by atoms with Crippen LogP contribution in [-0.4, -0.2) is 27.9 Å². The summed E-state index contributed by atoms with van der Waals surface area (Å²) in [5.74, 6) is 0. The van der Waals surface area contributed by atoms with Gasteiger partial charge in [-0.25, -0.2) is 4.79 Å². The predicted octanol–water partition coefficient (Wildman–Crippen LogP) is 2.20. The minimum Gasteiger partial charge on any atom is -0.463 e. The van der Waals surface area contributed by atoms with Crippen LogP contribution >= 0.6 is 15.9 Å². The lowest BCUT2D eigenvalue weighted by Gasteiger charge is -2.19. The van der Waals surface area contributed by atoms with E-state index in [0.717, 1.165) is 15.1 Å². The molecule has 5 nitrogen and oxygen atoms in total. The van der Waals surface area contributed by atoms with Gasteiger partial charge in [-0.1, -0.05) is 0 Å². The number of aromatic nitrogens is 1. The third kappa shape index (κ3) is 2.10. The smallest absolute Gasteiger partial charge is 0.432 e. The molecule has 0 aromatic carbocycles. The van der Waals surface area contributed by atoms with Crippen molar-refractivity contribution in [2.45, 2.75) is 12.5 Å². The zero-order valence-electron chi connectivity index (χ0n) is 7.76. The maximum atomic E-state index is 10.8. The fourth-order valence-corrected chi connectivity index (χ4v) is 1.95. The molecule has 1 atom stereocenters. The van der Waals surface area contributed by atoms with E-state index in [4.69, 9.17) is 9.94 Å². The molecule has 0 spiro atoms. The van der Waals surface area contributed by atoms with Gasteiger partial charge in [-0.15, -0.1) is 0 Å². The van der Waals surface area contributed by atoms with Crippen molar-refractivity contribution in [2.24, 2.45) is 0 Å².